The predicted molar refractivity (Wildman–Crippen MR) is 119 cm³/mol. The lowest BCUT2D eigenvalue weighted by atomic mass is 10.2. The third kappa shape index (κ3) is 3.30. The molecule has 0 fully saturated rings. The topological polar surface area (TPSA) is 71.3 Å². The first-order valence-electron chi connectivity index (χ1n) is 9.73. The van der Waals surface area contributed by atoms with Gasteiger partial charge in [-0.25, -0.2) is 15.0 Å². The summed E-state index contributed by atoms with van der Waals surface area (Å²) < 4.78 is 18.3. The van der Waals surface area contributed by atoms with Crippen molar-refractivity contribution in [1.82, 2.24) is 19.5 Å². The number of benzene rings is 3. The average Bonchev–Trinajstić information content (AvgIpc) is 3.20. The summed E-state index contributed by atoms with van der Waals surface area (Å²) in [4.78, 5) is 14.5. The minimum atomic E-state index is 0.561. The second-order valence-corrected chi connectivity index (χ2v) is 6.93. The van der Waals surface area contributed by atoms with Crippen LogP contribution in [0.3, 0.4) is 0 Å². The molecule has 0 unspecified atom stereocenters. The van der Waals surface area contributed by atoms with Crippen LogP contribution in [0.25, 0.3) is 39.4 Å². The summed E-state index contributed by atoms with van der Waals surface area (Å²) in [6.45, 7) is 0. The summed E-state index contributed by atoms with van der Waals surface area (Å²) in [7, 11) is 4.90. The van der Waals surface area contributed by atoms with Gasteiger partial charge in [-0.1, -0.05) is 12.1 Å². The molecule has 0 bridgehead atoms. The molecule has 3 aromatic carbocycles. The Morgan fingerprint density at radius 1 is 0.645 bits per heavy atom. The van der Waals surface area contributed by atoms with Crippen LogP contribution in [0.1, 0.15) is 0 Å². The number of hydrogen-bond acceptors (Lipinski definition) is 6. The van der Waals surface area contributed by atoms with E-state index in [1.54, 1.807) is 21.3 Å². The molecule has 0 amide bonds. The molecular weight excluding hydrogens is 392 g/mol. The highest BCUT2D eigenvalue weighted by molar-refractivity contribution is 5.86. The maximum absolute atomic E-state index is 5.49. The van der Waals surface area contributed by atoms with E-state index in [4.69, 9.17) is 29.2 Å². The first kappa shape index (κ1) is 18.9. The van der Waals surface area contributed by atoms with E-state index in [-0.39, 0.29) is 0 Å². The van der Waals surface area contributed by atoms with Gasteiger partial charge in [-0.2, -0.15) is 0 Å². The van der Waals surface area contributed by atoms with Crippen molar-refractivity contribution in [3.63, 3.8) is 0 Å². The summed E-state index contributed by atoms with van der Waals surface area (Å²) in [6.07, 6.45) is 0. The number of fused-ring (bicyclic) bond motifs is 2. The van der Waals surface area contributed by atoms with Crippen LogP contribution in [0.2, 0.25) is 0 Å². The second-order valence-electron chi connectivity index (χ2n) is 6.93. The third-order valence-corrected chi connectivity index (χ3v) is 5.11. The molecule has 5 aromatic rings. The minimum absolute atomic E-state index is 0.561. The molecule has 31 heavy (non-hydrogen) atoms. The molecule has 2 aromatic heterocycles. The Morgan fingerprint density at radius 3 is 1.87 bits per heavy atom. The SMILES string of the molecule is COc1ccc(-c2nc3nc4ccccc4nc3n2-c2cc(OC)cc(OC)c2)cc1. The Balaban J connectivity index is 1.84. The van der Waals surface area contributed by atoms with Crippen LogP contribution in [0.4, 0.5) is 0 Å². The standard InChI is InChI=1S/C24H20N4O3/c1-29-17-10-8-15(9-11-17)23-27-22-24(26-21-7-5-4-6-20(21)25-22)28(23)16-12-18(30-2)14-19(13-16)31-3/h4-14H,1-3H3. The third-order valence-electron chi connectivity index (χ3n) is 5.11. The Kier molecular flexibility index (Phi) is 4.63. The molecule has 0 saturated carbocycles. The number of nitrogens with zero attached hydrogens (tertiary/aromatic N) is 4. The van der Waals surface area contributed by atoms with E-state index in [0.717, 1.165) is 28.0 Å². The van der Waals surface area contributed by atoms with E-state index in [9.17, 15) is 0 Å². The largest absolute Gasteiger partial charge is 0.497 e. The van der Waals surface area contributed by atoms with Gasteiger partial charge in [0.1, 0.15) is 23.1 Å². The van der Waals surface area contributed by atoms with Crippen molar-refractivity contribution < 1.29 is 14.2 Å². The van der Waals surface area contributed by atoms with Crippen molar-refractivity contribution in [2.45, 2.75) is 0 Å². The Hall–Kier alpha value is -4.13. The first-order chi connectivity index (χ1) is 15.2. The number of para-hydroxylation sites is 2. The van der Waals surface area contributed by atoms with Gasteiger partial charge < -0.3 is 14.2 Å². The van der Waals surface area contributed by atoms with Crippen LogP contribution in [0, 0.1) is 0 Å². The molecule has 0 aliphatic carbocycles. The number of ether oxygens (including phenoxy) is 3. The van der Waals surface area contributed by atoms with Gasteiger partial charge >= 0.3 is 0 Å². The van der Waals surface area contributed by atoms with E-state index in [0.29, 0.717) is 28.6 Å². The maximum atomic E-state index is 5.49. The number of imidazole rings is 1. The Morgan fingerprint density at radius 2 is 1.26 bits per heavy atom. The first-order valence-corrected chi connectivity index (χ1v) is 9.73. The zero-order valence-electron chi connectivity index (χ0n) is 17.4. The van der Waals surface area contributed by atoms with Gasteiger partial charge in [0, 0.05) is 23.8 Å². The second kappa shape index (κ2) is 7.60. The molecular formula is C24H20N4O3. The lowest BCUT2D eigenvalue weighted by Crippen LogP contribution is -2.01. The van der Waals surface area contributed by atoms with Crippen molar-refractivity contribution in [2.24, 2.45) is 0 Å². The van der Waals surface area contributed by atoms with Crippen molar-refractivity contribution in [1.29, 1.82) is 0 Å². The normalized spacial score (nSPS) is 11.1. The van der Waals surface area contributed by atoms with Crippen molar-refractivity contribution >= 4 is 22.3 Å². The highest BCUT2D eigenvalue weighted by Gasteiger charge is 2.19. The molecule has 0 atom stereocenters. The molecule has 0 radical (unpaired) electrons. The summed E-state index contributed by atoms with van der Waals surface area (Å²) >= 11 is 0. The van der Waals surface area contributed by atoms with Crippen molar-refractivity contribution in [3.8, 4) is 34.3 Å². The fourth-order valence-electron chi connectivity index (χ4n) is 3.56. The highest BCUT2D eigenvalue weighted by atomic mass is 16.5. The Bertz CT molecular complexity index is 1370. The average molecular weight is 412 g/mol. The minimum Gasteiger partial charge on any atom is -0.497 e. The lowest BCUT2D eigenvalue weighted by Gasteiger charge is -2.13. The van der Waals surface area contributed by atoms with Crippen LogP contribution < -0.4 is 14.2 Å². The van der Waals surface area contributed by atoms with Crippen LogP contribution in [-0.4, -0.2) is 40.8 Å². The van der Waals surface area contributed by atoms with Crippen LogP contribution >= 0.6 is 0 Å². The molecule has 5 rings (SSSR count). The summed E-state index contributed by atoms with van der Waals surface area (Å²) in [5, 5.41) is 0. The highest BCUT2D eigenvalue weighted by Crippen LogP contribution is 2.32. The van der Waals surface area contributed by atoms with Gasteiger partial charge in [0.25, 0.3) is 0 Å². The van der Waals surface area contributed by atoms with Crippen LogP contribution in [-0.2, 0) is 0 Å². The molecule has 7 heteroatoms. The smallest absolute Gasteiger partial charge is 0.199 e. The van der Waals surface area contributed by atoms with Crippen molar-refractivity contribution in [2.75, 3.05) is 21.3 Å². The van der Waals surface area contributed by atoms with E-state index < -0.39 is 0 Å². The van der Waals surface area contributed by atoms with E-state index in [1.165, 1.54) is 0 Å². The summed E-state index contributed by atoms with van der Waals surface area (Å²) in [6, 6.07) is 21.2. The van der Waals surface area contributed by atoms with Gasteiger partial charge in [-0.3, -0.25) is 4.57 Å². The summed E-state index contributed by atoms with van der Waals surface area (Å²) in [5.74, 6) is 2.83. The molecule has 0 N–H and O–H groups in total. The monoisotopic (exact) mass is 412 g/mol. The van der Waals surface area contributed by atoms with Gasteiger partial charge in [-0.05, 0) is 36.4 Å². The molecule has 0 saturated heterocycles. The molecule has 0 aliphatic rings. The maximum Gasteiger partial charge on any atom is 0.199 e. The zero-order chi connectivity index (χ0) is 21.4. The molecule has 154 valence electrons. The van der Waals surface area contributed by atoms with E-state index in [2.05, 4.69) is 0 Å². The predicted octanol–water partition coefficient (Wildman–Crippen LogP) is 4.66. The Labute approximate surface area is 178 Å². The molecule has 2 heterocycles. The fourth-order valence-corrected chi connectivity index (χ4v) is 3.56. The summed E-state index contributed by atoms with van der Waals surface area (Å²) in [5.41, 5.74) is 4.53. The lowest BCUT2D eigenvalue weighted by molar-refractivity contribution is 0.394. The molecule has 7 nitrogen and oxygen atoms in total. The zero-order valence-corrected chi connectivity index (χ0v) is 17.4. The van der Waals surface area contributed by atoms with E-state index in [1.807, 2.05) is 71.3 Å². The van der Waals surface area contributed by atoms with Gasteiger partial charge in [0.15, 0.2) is 11.3 Å². The van der Waals surface area contributed by atoms with E-state index >= 15 is 0 Å². The van der Waals surface area contributed by atoms with Crippen LogP contribution in [0.5, 0.6) is 17.2 Å². The number of aromatic nitrogens is 4. The number of hydrogen-bond donors (Lipinski definition) is 0. The van der Waals surface area contributed by atoms with Gasteiger partial charge in [0.05, 0.1) is 38.1 Å². The van der Waals surface area contributed by atoms with Crippen LogP contribution in [0.15, 0.2) is 66.7 Å². The molecule has 0 aliphatic heterocycles. The molecule has 0 spiro atoms. The quantitative estimate of drug-likeness (QED) is 0.418. The fraction of sp³-hybridized carbons (Fsp3) is 0.125. The number of methoxy groups -OCH3 is 3. The van der Waals surface area contributed by atoms with Gasteiger partial charge in [0.2, 0.25) is 0 Å². The van der Waals surface area contributed by atoms with Crippen molar-refractivity contribution in [3.05, 3.63) is 66.7 Å². The number of rotatable bonds is 5. The van der Waals surface area contributed by atoms with Gasteiger partial charge in [-0.15, -0.1) is 0 Å².